The van der Waals surface area contributed by atoms with Crippen LogP contribution in [0.1, 0.15) is 34.6 Å². The topological polar surface area (TPSA) is 76.8 Å². The molecule has 1 aliphatic rings. The van der Waals surface area contributed by atoms with Gasteiger partial charge in [0.15, 0.2) is 0 Å². The van der Waals surface area contributed by atoms with Crippen molar-refractivity contribution in [2.45, 2.75) is 19.4 Å². The lowest BCUT2D eigenvalue weighted by atomic mass is 9.95. The third kappa shape index (κ3) is 2.86. The molecule has 0 saturated heterocycles. The van der Waals surface area contributed by atoms with Crippen LogP contribution in [0.2, 0.25) is 0 Å². The van der Waals surface area contributed by atoms with E-state index in [4.69, 9.17) is 5.10 Å². The number of aromatic nitrogens is 5. The number of pyridine rings is 1. The van der Waals surface area contributed by atoms with Crippen LogP contribution >= 0.6 is 0 Å². The van der Waals surface area contributed by atoms with Gasteiger partial charge in [-0.25, -0.2) is 0 Å². The molecule has 3 aromatic heterocycles. The number of carbonyl (C=O) groups excluding carboxylic acids is 1. The minimum Gasteiger partial charge on any atom is -0.330 e. The summed E-state index contributed by atoms with van der Waals surface area (Å²) in [6.45, 7) is 2.68. The van der Waals surface area contributed by atoms with Crippen LogP contribution < -0.4 is 0 Å². The molecule has 5 rings (SSSR count). The van der Waals surface area contributed by atoms with Crippen molar-refractivity contribution >= 4 is 16.9 Å². The number of fused-ring (bicyclic) bond motifs is 2. The summed E-state index contributed by atoms with van der Waals surface area (Å²) in [5, 5.41) is 4.76. The van der Waals surface area contributed by atoms with Crippen molar-refractivity contribution in [1.29, 1.82) is 0 Å². The number of aryl methyl sites for hydroxylation is 1. The van der Waals surface area contributed by atoms with Crippen LogP contribution in [0.4, 0.5) is 0 Å². The number of nitrogens with zero attached hydrogens (tertiary/aromatic N) is 6. The van der Waals surface area contributed by atoms with Gasteiger partial charge in [0, 0.05) is 55.1 Å². The molecule has 0 radical (unpaired) electrons. The van der Waals surface area contributed by atoms with Crippen molar-refractivity contribution in [1.82, 2.24) is 29.6 Å². The number of rotatable bonds is 2. The molecule has 0 saturated carbocycles. The summed E-state index contributed by atoms with van der Waals surface area (Å²) in [5.41, 5.74) is 6.39. The monoisotopic (exact) mass is 384 g/mol. The van der Waals surface area contributed by atoms with Gasteiger partial charge in [-0.05, 0) is 43.7 Å². The van der Waals surface area contributed by atoms with Crippen molar-refractivity contribution in [2.75, 3.05) is 6.54 Å². The second-order valence-electron chi connectivity index (χ2n) is 7.26. The highest BCUT2D eigenvalue weighted by Crippen LogP contribution is 2.35. The first-order chi connectivity index (χ1) is 14.1. The van der Waals surface area contributed by atoms with E-state index in [9.17, 15) is 4.79 Å². The van der Waals surface area contributed by atoms with Gasteiger partial charge < -0.3 is 4.90 Å². The fourth-order valence-electron chi connectivity index (χ4n) is 4.15. The molecule has 0 bridgehead atoms. The smallest absolute Gasteiger partial charge is 0.254 e. The number of carbonyl (C=O) groups is 1. The van der Waals surface area contributed by atoms with E-state index in [1.807, 2.05) is 60.1 Å². The molecule has 1 aliphatic heterocycles. The molecule has 144 valence electrons. The summed E-state index contributed by atoms with van der Waals surface area (Å²) in [5.74, 6) is -0.00992. The van der Waals surface area contributed by atoms with E-state index in [1.54, 1.807) is 18.6 Å². The van der Waals surface area contributed by atoms with Crippen molar-refractivity contribution in [3.63, 3.8) is 0 Å². The molecule has 29 heavy (non-hydrogen) atoms. The van der Waals surface area contributed by atoms with Gasteiger partial charge in [-0.3, -0.25) is 24.4 Å². The number of amides is 1. The standard InChI is InChI=1S/C22H20N6O/c1-14-20-17(21(27(2)26-20)16-4-3-8-23-13-16)7-11-28(14)22(29)15-5-6-18-19(12-15)25-10-9-24-18/h3-6,8-10,12-14H,7,11H2,1-2H3/t14-/m0/s1. The Hall–Kier alpha value is -3.61. The Kier molecular flexibility index (Phi) is 4.08. The Bertz CT molecular complexity index is 1220. The first-order valence-corrected chi connectivity index (χ1v) is 9.61. The molecular formula is C22H20N6O. The Morgan fingerprint density at radius 2 is 1.93 bits per heavy atom. The van der Waals surface area contributed by atoms with Crippen molar-refractivity contribution in [2.24, 2.45) is 7.05 Å². The van der Waals surface area contributed by atoms with Gasteiger partial charge in [0.25, 0.3) is 5.91 Å². The lowest BCUT2D eigenvalue weighted by Crippen LogP contribution is -2.38. The van der Waals surface area contributed by atoms with E-state index in [2.05, 4.69) is 15.0 Å². The average molecular weight is 384 g/mol. The van der Waals surface area contributed by atoms with E-state index < -0.39 is 0 Å². The minimum atomic E-state index is -0.111. The number of hydrogen-bond acceptors (Lipinski definition) is 5. The normalized spacial score (nSPS) is 16.1. The molecule has 0 aliphatic carbocycles. The summed E-state index contributed by atoms with van der Waals surface area (Å²) in [7, 11) is 1.95. The van der Waals surface area contributed by atoms with Crippen LogP contribution in [0.15, 0.2) is 55.1 Å². The molecule has 0 N–H and O–H groups in total. The number of hydrogen-bond donors (Lipinski definition) is 0. The van der Waals surface area contributed by atoms with Crippen LogP contribution in [-0.4, -0.2) is 42.1 Å². The Balaban J connectivity index is 1.49. The van der Waals surface area contributed by atoms with E-state index in [0.717, 1.165) is 34.4 Å². The molecule has 1 atom stereocenters. The number of benzene rings is 1. The van der Waals surface area contributed by atoms with Crippen LogP contribution in [0.25, 0.3) is 22.3 Å². The van der Waals surface area contributed by atoms with E-state index in [0.29, 0.717) is 12.1 Å². The molecule has 0 unspecified atom stereocenters. The molecule has 4 aromatic rings. The molecule has 1 amide bonds. The summed E-state index contributed by atoms with van der Waals surface area (Å²) in [4.78, 5) is 28.0. The fraction of sp³-hybridized carbons (Fsp3) is 0.227. The highest BCUT2D eigenvalue weighted by atomic mass is 16.2. The zero-order chi connectivity index (χ0) is 20.0. The zero-order valence-electron chi connectivity index (χ0n) is 16.3. The van der Waals surface area contributed by atoms with Crippen LogP contribution in [-0.2, 0) is 13.5 Å². The van der Waals surface area contributed by atoms with E-state index >= 15 is 0 Å². The third-order valence-electron chi connectivity index (χ3n) is 5.55. The summed E-state index contributed by atoms with van der Waals surface area (Å²) >= 11 is 0. The quantitative estimate of drug-likeness (QED) is 0.530. The van der Waals surface area contributed by atoms with Crippen LogP contribution in [0, 0.1) is 0 Å². The van der Waals surface area contributed by atoms with Crippen molar-refractivity contribution < 1.29 is 4.79 Å². The van der Waals surface area contributed by atoms with Gasteiger partial charge in [0.1, 0.15) is 0 Å². The average Bonchev–Trinajstić information content (AvgIpc) is 3.10. The maximum atomic E-state index is 13.3. The predicted octanol–water partition coefficient (Wildman–Crippen LogP) is 3.18. The summed E-state index contributed by atoms with van der Waals surface area (Å²) < 4.78 is 1.90. The van der Waals surface area contributed by atoms with Crippen molar-refractivity contribution in [3.05, 3.63) is 71.9 Å². The predicted molar refractivity (Wildman–Crippen MR) is 109 cm³/mol. The van der Waals surface area contributed by atoms with Gasteiger partial charge in [-0.1, -0.05) is 0 Å². The molecule has 0 fully saturated rings. The molecular weight excluding hydrogens is 364 g/mol. The maximum absolute atomic E-state index is 13.3. The lowest BCUT2D eigenvalue weighted by molar-refractivity contribution is 0.0674. The van der Waals surface area contributed by atoms with Gasteiger partial charge in [-0.2, -0.15) is 5.10 Å². The maximum Gasteiger partial charge on any atom is 0.254 e. The Morgan fingerprint density at radius 3 is 2.72 bits per heavy atom. The van der Waals surface area contributed by atoms with Gasteiger partial charge >= 0.3 is 0 Å². The van der Waals surface area contributed by atoms with Crippen LogP contribution in [0.3, 0.4) is 0 Å². The lowest BCUT2D eigenvalue weighted by Gasteiger charge is -2.33. The third-order valence-corrected chi connectivity index (χ3v) is 5.55. The first-order valence-electron chi connectivity index (χ1n) is 9.61. The zero-order valence-corrected chi connectivity index (χ0v) is 16.3. The van der Waals surface area contributed by atoms with Gasteiger partial charge in [0.2, 0.25) is 0 Å². The van der Waals surface area contributed by atoms with Crippen LogP contribution in [0.5, 0.6) is 0 Å². The summed E-state index contributed by atoms with van der Waals surface area (Å²) in [6.07, 6.45) is 7.68. The molecule has 0 spiro atoms. The van der Waals surface area contributed by atoms with E-state index in [-0.39, 0.29) is 11.9 Å². The second kappa shape index (κ2) is 6.77. The molecule has 7 heteroatoms. The first kappa shape index (κ1) is 17.5. The second-order valence-corrected chi connectivity index (χ2v) is 7.26. The molecule has 1 aromatic carbocycles. The van der Waals surface area contributed by atoms with Crippen molar-refractivity contribution in [3.8, 4) is 11.3 Å². The fourth-order valence-corrected chi connectivity index (χ4v) is 4.15. The minimum absolute atomic E-state index is 0.00992. The highest BCUT2D eigenvalue weighted by molar-refractivity contribution is 5.97. The largest absolute Gasteiger partial charge is 0.330 e. The summed E-state index contributed by atoms with van der Waals surface area (Å²) in [6, 6.07) is 9.34. The Labute approximate surface area is 168 Å². The van der Waals surface area contributed by atoms with E-state index in [1.165, 1.54) is 5.56 Å². The SMILES string of the molecule is C[C@H]1c2nn(C)c(-c3cccnc3)c2CCN1C(=O)c1ccc2nccnc2c1. The highest BCUT2D eigenvalue weighted by Gasteiger charge is 2.33. The van der Waals surface area contributed by atoms with Gasteiger partial charge in [0.05, 0.1) is 28.5 Å². The molecule has 4 heterocycles. The Morgan fingerprint density at radius 1 is 1.10 bits per heavy atom. The van der Waals surface area contributed by atoms with Gasteiger partial charge in [-0.15, -0.1) is 0 Å². The molecule has 7 nitrogen and oxygen atoms in total.